The van der Waals surface area contributed by atoms with Crippen molar-refractivity contribution >= 4 is 22.7 Å². The standard InChI is InChI=1S/C34H39N7/c1-26-13-12-18-30(27(26)2)40-23-21-39(22-24-40)20-11-10-19-38(3)33-31-34(36-25-35-33)41(29-16-8-5-9-17-29)32(37-31)28-14-6-4-7-15-28/h4-9,12-18,25H,10-11,19-24H2,1-3H3. The molecule has 0 bridgehead atoms. The average molecular weight is 546 g/mol. The number of hydrogen-bond donors (Lipinski definition) is 0. The second kappa shape index (κ2) is 12.1. The minimum atomic E-state index is 0.827. The SMILES string of the molecule is Cc1cccc(N2CCN(CCCCN(C)c3ncnc4c3nc(-c3ccccc3)n4-c3ccccc3)CC2)c1C. The molecule has 5 aromatic rings. The van der Waals surface area contributed by atoms with E-state index >= 15 is 0 Å². The van der Waals surface area contributed by atoms with Crippen molar-refractivity contribution in [3.8, 4) is 17.1 Å². The number of aryl methyl sites for hydroxylation is 1. The van der Waals surface area contributed by atoms with Crippen molar-refractivity contribution in [2.45, 2.75) is 26.7 Å². The summed E-state index contributed by atoms with van der Waals surface area (Å²) in [5, 5.41) is 0. The normalized spacial score (nSPS) is 14.1. The van der Waals surface area contributed by atoms with E-state index in [1.165, 1.54) is 16.8 Å². The molecule has 0 amide bonds. The highest BCUT2D eigenvalue weighted by atomic mass is 15.3. The molecular formula is C34H39N7. The van der Waals surface area contributed by atoms with E-state index in [2.05, 4.69) is 82.6 Å². The summed E-state index contributed by atoms with van der Waals surface area (Å²) >= 11 is 0. The van der Waals surface area contributed by atoms with Crippen LogP contribution in [0, 0.1) is 13.8 Å². The van der Waals surface area contributed by atoms with Gasteiger partial charge in [0.1, 0.15) is 12.2 Å². The lowest BCUT2D eigenvalue weighted by molar-refractivity contribution is 0.253. The number of aromatic nitrogens is 4. The second-order valence-corrected chi connectivity index (χ2v) is 11.0. The van der Waals surface area contributed by atoms with Gasteiger partial charge in [-0.25, -0.2) is 15.0 Å². The number of anilines is 2. The molecule has 6 rings (SSSR count). The summed E-state index contributed by atoms with van der Waals surface area (Å²) in [6.45, 7) is 10.9. The number of hydrogen-bond acceptors (Lipinski definition) is 6. The van der Waals surface area contributed by atoms with E-state index in [0.717, 1.165) is 86.2 Å². The van der Waals surface area contributed by atoms with Crippen molar-refractivity contribution in [3.05, 3.63) is 96.3 Å². The molecule has 0 radical (unpaired) electrons. The fourth-order valence-corrected chi connectivity index (χ4v) is 5.84. The molecule has 41 heavy (non-hydrogen) atoms. The number of nitrogens with zero attached hydrogens (tertiary/aromatic N) is 7. The van der Waals surface area contributed by atoms with Gasteiger partial charge in [0.15, 0.2) is 17.0 Å². The smallest absolute Gasteiger partial charge is 0.170 e. The van der Waals surface area contributed by atoms with Gasteiger partial charge >= 0.3 is 0 Å². The molecule has 1 aliphatic rings. The van der Waals surface area contributed by atoms with Gasteiger partial charge in [0.2, 0.25) is 0 Å². The van der Waals surface area contributed by atoms with Crippen LogP contribution >= 0.6 is 0 Å². The summed E-state index contributed by atoms with van der Waals surface area (Å²) in [4.78, 5) is 21.9. The number of piperazine rings is 1. The van der Waals surface area contributed by atoms with Gasteiger partial charge in [-0.1, -0.05) is 60.7 Å². The molecule has 1 saturated heterocycles. The number of rotatable bonds is 9. The van der Waals surface area contributed by atoms with Crippen LogP contribution in [0.25, 0.3) is 28.2 Å². The first-order valence-corrected chi connectivity index (χ1v) is 14.7. The van der Waals surface area contributed by atoms with E-state index in [4.69, 9.17) is 15.0 Å². The molecule has 2 aromatic heterocycles. The van der Waals surface area contributed by atoms with E-state index in [1.54, 1.807) is 6.33 Å². The largest absolute Gasteiger partial charge is 0.369 e. The number of fused-ring (bicyclic) bond motifs is 1. The highest BCUT2D eigenvalue weighted by molar-refractivity contribution is 5.88. The monoisotopic (exact) mass is 545 g/mol. The minimum absolute atomic E-state index is 0.827. The molecule has 3 heterocycles. The first kappa shape index (κ1) is 27.0. The van der Waals surface area contributed by atoms with Crippen molar-refractivity contribution < 1.29 is 0 Å². The Labute approximate surface area is 243 Å². The quantitative estimate of drug-likeness (QED) is 0.208. The van der Waals surface area contributed by atoms with E-state index in [9.17, 15) is 0 Å². The van der Waals surface area contributed by atoms with Gasteiger partial charge < -0.3 is 9.80 Å². The lowest BCUT2D eigenvalue weighted by atomic mass is 10.1. The van der Waals surface area contributed by atoms with Gasteiger partial charge in [-0.2, -0.15) is 0 Å². The third kappa shape index (κ3) is 5.68. The van der Waals surface area contributed by atoms with Crippen molar-refractivity contribution in [1.29, 1.82) is 0 Å². The lowest BCUT2D eigenvalue weighted by Crippen LogP contribution is -2.47. The molecule has 3 aromatic carbocycles. The predicted molar refractivity (Wildman–Crippen MR) is 169 cm³/mol. The number of unbranched alkanes of at least 4 members (excludes halogenated alkanes) is 1. The topological polar surface area (TPSA) is 53.3 Å². The van der Waals surface area contributed by atoms with Crippen LogP contribution in [0.4, 0.5) is 11.5 Å². The van der Waals surface area contributed by atoms with Gasteiger partial charge in [0.05, 0.1) is 0 Å². The van der Waals surface area contributed by atoms with E-state index in [-0.39, 0.29) is 0 Å². The molecule has 0 aliphatic carbocycles. The predicted octanol–water partition coefficient (Wildman–Crippen LogP) is 6.14. The highest BCUT2D eigenvalue weighted by Crippen LogP contribution is 2.31. The van der Waals surface area contributed by atoms with Gasteiger partial charge in [0.25, 0.3) is 0 Å². The zero-order valence-corrected chi connectivity index (χ0v) is 24.4. The Kier molecular flexibility index (Phi) is 7.96. The van der Waals surface area contributed by atoms with Gasteiger partial charge in [0, 0.05) is 56.7 Å². The maximum Gasteiger partial charge on any atom is 0.170 e. The van der Waals surface area contributed by atoms with Gasteiger partial charge in [-0.3, -0.25) is 9.47 Å². The highest BCUT2D eigenvalue weighted by Gasteiger charge is 2.21. The Morgan fingerprint density at radius 3 is 2.27 bits per heavy atom. The average Bonchev–Trinajstić information content (AvgIpc) is 3.42. The molecule has 7 heteroatoms. The van der Waals surface area contributed by atoms with E-state index in [0.29, 0.717) is 0 Å². The second-order valence-electron chi connectivity index (χ2n) is 11.0. The summed E-state index contributed by atoms with van der Waals surface area (Å²) in [6, 6.07) is 27.3. The minimum Gasteiger partial charge on any atom is -0.369 e. The van der Waals surface area contributed by atoms with Crippen LogP contribution in [0.3, 0.4) is 0 Å². The van der Waals surface area contributed by atoms with Crippen LogP contribution in [0.15, 0.2) is 85.2 Å². The van der Waals surface area contributed by atoms with Gasteiger partial charge in [-0.05, 0) is 62.6 Å². The summed E-state index contributed by atoms with van der Waals surface area (Å²) in [5.74, 6) is 1.76. The Hall–Kier alpha value is -4.23. The molecule has 1 aliphatic heterocycles. The first-order chi connectivity index (χ1) is 20.1. The van der Waals surface area contributed by atoms with Crippen LogP contribution in [-0.4, -0.2) is 70.7 Å². The molecule has 0 N–H and O–H groups in total. The Balaban J connectivity index is 1.11. The van der Waals surface area contributed by atoms with Gasteiger partial charge in [-0.15, -0.1) is 0 Å². The fraction of sp³-hybridized carbons (Fsp3) is 0.324. The van der Waals surface area contributed by atoms with Crippen LogP contribution in [0.5, 0.6) is 0 Å². The van der Waals surface area contributed by atoms with Crippen molar-refractivity contribution in [3.63, 3.8) is 0 Å². The maximum absolute atomic E-state index is 5.11. The van der Waals surface area contributed by atoms with Crippen molar-refractivity contribution in [1.82, 2.24) is 24.4 Å². The van der Waals surface area contributed by atoms with E-state index < -0.39 is 0 Å². The zero-order chi connectivity index (χ0) is 28.2. The molecule has 0 saturated carbocycles. The Bertz CT molecular complexity index is 1590. The van der Waals surface area contributed by atoms with Crippen LogP contribution < -0.4 is 9.80 Å². The molecule has 0 unspecified atom stereocenters. The number of imidazole rings is 1. The van der Waals surface area contributed by atoms with Crippen LogP contribution in [0.2, 0.25) is 0 Å². The Morgan fingerprint density at radius 2 is 1.51 bits per heavy atom. The van der Waals surface area contributed by atoms with Crippen LogP contribution in [-0.2, 0) is 0 Å². The molecule has 0 spiro atoms. The first-order valence-electron chi connectivity index (χ1n) is 14.7. The zero-order valence-electron chi connectivity index (χ0n) is 24.4. The third-order valence-electron chi connectivity index (χ3n) is 8.34. The molecule has 0 atom stereocenters. The summed E-state index contributed by atoms with van der Waals surface area (Å²) < 4.78 is 2.14. The molecular weight excluding hydrogens is 506 g/mol. The summed E-state index contributed by atoms with van der Waals surface area (Å²) in [5.41, 5.74) is 7.94. The Morgan fingerprint density at radius 1 is 0.780 bits per heavy atom. The molecule has 1 fully saturated rings. The van der Waals surface area contributed by atoms with Crippen LogP contribution in [0.1, 0.15) is 24.0 Å². The lowest BCUT2D eigenvalue weighted by Gasteiger charge is -2.37. The maximum atomic E-state index is 5.11. The molecule has 7 nitrogen and oxygen atoms in total. The summed E-state index contributed by atoms with van der Waals surface area (Å²) in [6.07, 6.45) is 3.93. The molecule has 210 valence electrons. The summed E-state index contributed by atoms with van der Waals surface area (Å²) in [7, 11) is 2.12. The van der Waals surface area contributed by atoms with Crippen molar-refractivity contribution in [2.75, 3.05) is 56.1 Å². The fourth-order valence-electron chi connectivity index (χ4n) is 5.84. The van der Waals surface area contributed by atoms with E-state index in [1.807, 2.05) is 36.4 Å². The number of benzene rings is 3. The number of para-hydroxylation sites is 1. The third-order valence-corrected chi connectivity index (χ3v) is 8.34. The van der Waals surface area contributed by atoms with Crippen molar-refractivity contribution in [2.24, 2.45) is 0 Å².